The predicted molar refractivity (Wildman–Crippen MR) is 106 cm³/mol. The van der Waals surface area contributed by atoms with Crippen LogP contribution in [-0.4, -0.2) is 32.1 Å². The summed E-state index contributed by atoms with van der Waals surface area (Å²) >= 11 is 1.52. The highest BCUT2D eigenvalue weighted by molar-refractivity contribution is 7.98. The molecule has 2 aromatic heterocycles. The van der Waals surface area contributed by atoms with Gasteiger partial charge in [-0.1, -0.05) is 42.1 Å². The lowest BCUT2D eigenvalue weighted by Gasteiger charge is -2.16. The van der Waals surface area contributed by atoms with E-state index < -0.39 is 5.41 Å². The number of nitrogens with zero attached hydrogens (tertiary/aromatic N) is 4. The third-order valence-corrected chi connectivity index (χ3v) is 4.78. The summed E-state index contributed by atoms with van der Waals surface area (Å²) < 4.78 is 7.16. The number of ether oxygens (including phenoxy) is 1. The van der Waals surface area contributed by atoms with Crippen molar-refractivity contribution in [2.75, 3.05) is 12.3 Å². The second kappa shape index (κ2) is 7.96. The topological polar surface area (TPSA) is 95.9 Å². The highest BCUT2D eigenvalue weighted by Gasteiger charge is 2.23. The highest BCUT2D eigenvalue weighted by Crippen LogP contribution is 2.24. The molecule has 0 radical (unpaired) electrons. The van der Waals surface area contributed by atoms with Gasteiger partial charge in [0.25, 0.3) is 0 Å². The lowest BCUT2D eigenvalue weighted by Crippen LogP contribution is -2.24. The molecular formula is C19H23N5O2S. The van der Waals surface area contributed by atoms with Gasteiger partial charge in [0.15, 0.2) is 16.6 Å². The molecule has 3 rings (SSSR count). The van der Waals surface area contributed by atoms with Crippen LogP contribution >= 0.6 is 11.8 Å². The van der Waals surface area contributed by atoms with Crippen LogP contribution in [0.25, 0.3) is 11.2 Å². The van der Waals surface area contributed by atoms with Gasteiger partial charge in [-0.3, -0.25) is 4.79 Å². The lowest BCUT2D eigenvalue weighted by molar-refractivity contribution is -0.153. The zero-order valence-corrected chi connectivity index (χ0v) is 16.5. The largest absolute Gasteiger partial charge is 0.463 e. The molecule has 0 aliphatic carbocycles. The Morgan fingerprint density at radius 3 is 2.67 bits per heavy atom. The van der Waals surface area contributed by atoms with Gasteiger partial charge in [-0.2, -0.15) is 0 Å². The minimum Gasteiger partial charge on any atom is -0.463 e. The second-order valence-corrected chi connectivity index (χ2v) is 8.10. The van der Waals surface area contributed by atoms with Crippen molar-refractivity contribution in [2.24, 2.45) is 5.41 Å². The molecule has 0 aliphatic heterocycles. The molecule has 27 heavy (non-hydrogen) atoms. The number of benzene rings is 1. The number of anilines is 1. The van der Waals surface area contributed by atoms with Crippen molar-refractivity contribution in [1.82, 2.24) is 19.5 Å². The molecular weight excluding hydrogens is 362 g/mol. The van der Waals surface area contributed by atoms with Crippen molar-refractivity contribution in [1.29, 1.82) is 0 Å². The molecule has 0 amide bonds. The number of aromatic nitrogens is 4. The zero-order valence-electron chi connectivity index (χ0n) is 15.7. The number of nitrogens with two attached hydrogens (primary N) is 1. The van der Waals surface area contributed by atoms with Crippen LogP contribution in [-0.2, 0) is 21.8 Å². The first-order valence-electron chi connectivity index (χ1n) is 8.67. The summed E-state index contributed by atoms with van der Waals surface area (Å²) in [5.74, 6) is 0.865. The number of fused-ring (bicyclic) bond motifs is 1. The molecule has 1 aromatic carbocycles. The number of hydrogen-bond acceptors (Lipinski definition) is 7. The van der Waals surface area contributed by atoms with Gasteiger partial charge in [-0.25, -0.2) is 15.0 Å². The van der Waals surface area contributed by atoms with E-state index in [4.69, 9.17) is 10.5 Å². The van der Waals surface area contributed by atoms with E-state index >= 15 is 0 Å². The smallest absolute Gasteiger partial charge is 0.311 e. The van der Waals surface area contributed by atoms with Gasteiger partial charge in [-0.05, 0) is 26.3 Å². The maximum Gasteiger partial charge on any atom is 0.311 e. The number of imidazole rings is 1. The van der Waals surface area contributed by atoms with Gasteiger partial charge >= 0.3 is 5.97 Å². The van der Waals surface area contributed by atoms with E-state index in [-0.39, 0.29) is 12.6 Å². The number of hydrogen-bond donors (Lipinski definition) is 1. The minimum atomic E-state index is -0.523. The van der Waals surface area contributed by atoms with Crippen LogP contribution in [0.3, 0.4) is 0 Å². The summed E-state index contributed by atoms with van der Waals surface area (Å²) in [5.41, 5.74) is 7.91. The summed E-state index contributed by atoms with van der Waals surface area (Å²) in [7, 11) is 0. The molecule has 2 N–H and O–H groups in total. The Balaban J connectivity index is 1.71. The van der Waals surface area contributed by atoms with Crippen molar-refractivity contribution in [3.05, 3.63) is 42.2 Å². The number of nitrogen functional groups attached to an aromatic ring is 1. The van der Waals surface area contributed by atoms with Crippen molar-refractivity contribution in [3.63, 3.8) is 0 Å². The van der Waals surface area contributed by atoms with Gasteiger partial charge in [0.05, 0.1) is 18.3 Å². The molecule has 142 valence electrons. The van der Waals surface area contributed by atoms with Crippen LogP contribution in [0.5, 0.6) is 0 Å². The molecule has 0 saturated carbocycles. The Morgan fingerprint density at radius 2 is 1.96 bits per heavy atom. The predicted octanol–water partition coefficient (Wildman–Crippen LogP) is 3.29. The summed E-state index contributed by atoms with van der Waals surface area (Å²) in [4.78, 5) is 25.1. The van der Waals surface area contributed by atoms with Crippen molar-refractivity contribution >= 4 is 34.7 Å². The maximum absolute atomic E-state index is 11.9. The zero-order chi connectivity index (χ0) is 19.4. The van der Waals surface area contributed by atoms with Crippen LogP contribution in [0.15, 0.2) is 41.8 Å². The minimum absolute atomic E-state index is 0.236. The van der Waals surface area contributed by atoms with Gasteiger partial charge in [0.2, 0.25) is 0 Å². The third kappa shape index (κ3) is 4.77. The van der Waals surface area contributed by atoms with Crippen molar-refractivity contribution in [2.45, 2.75) is 38.2 Å². The van der Waals surface area contributed by atoms with Gasteiger partial charge in [0, 0.05) is 5.75 Å². The lowest BCUT2D eigenvalue weighted by atomic mass is 9.97. The fraction of sp³-hybridized carbons (Fsp3) is 0.368. The fourth-order valence-corrected chi connectivity index (χ4v) is 3.15. The summed E-state index contributed by atoms with van der Waals surface area (Å²) in [6.07, 6.45) is 1.65. The Bertz CT molecular complexity index is 934. The molecule has 3 aromatic rings. The number of carbonyl (C=O) groups is 1. The molecule has 7 nitrogen and oxygen atoms in total. The fourth-order valence-electron chi connectivity index (χ4n) is 2.35. The Labute approximate surface area is 162 Å². The Hall–Kier alpha value is -2.61. The van der Waals surface area contributed by atoms with E-state index in [1.165, 1.54) is 17.3 Å². The SMILES string of the molecule is CC(C)(C)C(=O)OCCn1cnc2c(N)nc(SCc3ccccc3)nc21. The molecule has 0 bridgehead atoms. The monoisotopic (exact) mass is 385 g/mol. The van der Waals surface area contributed by atoms with E-state index in [1.807, 2.05) is 43.5 Å². The van der Waals surface area contributed by atoms with E-state index in [0.717, 1.165) is 5.75 Å². The van der Waals surface area contributed by atoms with Crippen LogP contribution in [0.2, 0.25) is 0 Å². The number of esters is 1. The van der Waals surface area contributed by atoms with Gasteiger partial charge in [-0.15, -0.1) is 0 Å². The summed E-state index contributed by atoms with van der Waals surface area (Å²) in [5, 5.41) is 0.595. The third-order valence-electron chi connectivity index (χ3n) is 3.86. The van der Waals surface area contributed by atoms with Crippen LogP contribution in [0.4, 0.5) is 5.82 Å². The van der Waals surface area contributed by atoms with E-state index in [0.29, 0.717) is 28.7 Å². The molecule has 0 atom stereocenters. The average Bonchev–Trinajstić information content (AvgIpc) is 3.03. The van der Waals surface area contributed by atoms with Crippen LogP contribution in [0, 0.1) is 5.41 Å². The average molecular weight is 385 g/mol. The number of carbonyl (C=O) groups excluding carboxylic acids is 1. The normalized spacial score (nSPS) is 11.7. The highest BCUT2D eigenvalue weighted by atomic mass is 32.2. The Morgan fingerprint density at radius 1 is 1.22 bits per heavy atom. The first-order valence-corrected chi connectivity index (χ1v) is 9.65. The van der Waals surface area contributed by atoms with Crippen LogP contribution in [0.1, 0.15) is 26.3 Å². The number of thioether (sulfide) groups is 1. The first-order chi connectivity index (χ1) is 12.8. The van der Waals surface area contributed by atoms with E-state index in [1.54, 1.807) is 6.33 Å². The molecule has 0 fully saturated rings. The molecule has 2 heterocycles. The van der Waals surface area contributed by atoms with Crippen LogP contribution < -0.4 is 5.73 Å². The second-order valence-electron chi connectivity index (χ2n) is 7.16. The Kier molecular flexibility index (Phi) is 5.65. The van der Waals surface area contributed by atoms with Crippen molar-refractivity contribution in [3.8, 4) is 0 Å². The standard InChI is InChI=1S/C19H23N5O2S/c1-19(2,3)17(25)26-10-9-24-12-21-14-15(20)22-18(23-16(14)24)27-11-13-7-5-4-6-8-13/h4-8,12H,9-11H2,1-3H3,(H2,20,22,23). The van der Waals surface area contributed by atoms with E-state index in [2.05, 4.69) is 27.1 Å². The van der Waals surface area contributed by atoms with Gasteiger partial charge in [0.1, 0.15) is 12.1 Å². The first kappa shape index (κ1) is 19.2. The number of rotatable bonds is 6. The van der Waals surface area contributed by atoms with Crippen molar-refractivity contribution < 1.29 is 9.53 Å². The van der Waals surface area contributed by atoms with E-state index in [9.17, 15) is 4.79 Å². The molecule has 0 saturated heterocycles. The summed E-state index contributed by atoms with van der Waals surface area (Å²) in [6.45, 7) is 6.18. The molecule has 0 spiro atoms. The quantitative estimate of drug-likeness (QED) is 0.395. The molecule has 0 unspecified atom stereocenters. The summed E-state index contributed by atoms with van der Waals surface area (Å²) in [6, 6.07) is 10.1. The van der Waals surface area contributed by atoms with Gasteiger partial charge < -0.3 is 15.0 Å². The molecule has 8 heteroatoms. The molecule has 0 aliphatic rings. The maximum atomic E-state index is 11.9.